The molecular weight excluding hydrogens is 889 g/mol. The van der Waals surface area contributed by atoms with Crippen LogP contribution in [0.15, 0.2) is 82.6 Å². The number of carbonyl (C=O) groups is 2. The van der Waals surface area contributed by atoms with Gasteiger partial charge >= 0.3 is 24.7 Å². The van der Waals surface area contributed by atoms with Gasteiger partial charge in [0.2, 0.25) is 11.8 Å². The lowest BCUT2D eigenvalue weighted by Crippen LogP contribution is -2.39. The van der Waals surface area contributed by atoms with Gasteiger partial charge in [0.15, 0.2) is 0 Å². The molecule has 2 heterocycles. The molecule has 6 rings (SSSR count). The molecule has 0 atom stereocenters. The standard InChI is InChI=1S/C42H32F12N2O6S/c43-39(44,45)35-27(7-9-33(59)55-11-15-61-16-12-55)29(23-3-1-5-25(57)19-23)21-31(37(35)41(49,50)51)63-32-22-30(24-4-2-6-26(58)20-24)28(8-10-34(60)56-13-17-62-18-14-56)36(40(46,47)48)38(32)42(52,53)54/h1-10,19-22,57-58H,11-18H2/b9-7+,10-8+. The number of amides is 2. The second-order valence-corrected chi connectivity index (χ2v) is 15.0. The molecule has 0 radical (unpaired) electrons. The summed E-state index contributed by atoms with van der Waals surface area (Å²) in [4.78, 5) is 25.0. The fraction of sp³-hybridized carbons (Fsp3) is 0.286. The zero-order chi connectivity index (χ0) is 46.1. The molecule has 0 spiro atoms. The summed E-state index contributed by atoms with van der Waals surface area (Å²) in [6.45, 7) is 0.0631. The van der Waals surface area contributed by atoms with E-state index in [4.69, 9.17) is 9.47 Å². The van der Waals surface area contributed by atoms with Crippen LogP contribution in [-0.2, 0) is 43.8 Å². The van der Waals surface area contributed by atoms with E-state index in [-0.39, 0.29) is 52.6 Å². The fourth-order valence-corrected chi connectivity index (χ4v) is 8.27. The van der Waals surface area contributed by atoms with Crippen molar-refractivity contribution in [1.29, 1.82) is 0 Å². The molecule has 2 amide bonds. The van der Waals surface area contributed by atoms with Gasteiger partial charge in [0.25, 0.3) is 0 Å². The van der Waals surface area contributed by atoms with E-state index >= 15 is 52.7 Å². The second kappa shape index (κ2) is 18.2. The predicted molar refractivity (Wildman–Crippen MR) is 204 cm³/mol. The molecule has 336 valence electrons. The lowest BCUT2D eigenvalue weighted by atomic mass is 9.90. The third-order valence-electron chi connectivity index (χ3n) is 9.76. The van der Waals surface area contributed by atoms with Crippen LogP contribution in [0.25, 0.3) is 34.4 Å². The number of phenolic OH excluding ortho intramolecular Hbond substituents is 2. The molecule has 0 saturated carbocycles. The number of halogens is 12. The fourth-order valence-electron chi connectivity index (χ4n) is 7.04. The van der Waals surface area contributed by atoms with E-state index in [0.29, 0.717) is 36.4 Å². The van der Waals surface area contributed by atoms with Crippen LogP contribution in [0.2, 0.25) is 0 Å². The van der Waals surface area contributed by atoms with E-state index in [0.717, 1.165) is 58.3 Å². The molecule has 63 heavy (non-hydrogen) atoms. The largest absolute Gasteiger partial charge is 0.508 e. The molecule has 2 aliphatic rings. The number of ether oxygens (including phenoxy) is 2. The van der Waals surface area contributed by atoms with E-state index in [1.807, 2.05) is 0 Å². The molecule has 2 fully saturated rings. The number of carbonyl (C=O) groups excluding carboxylic acids is 2. The molecule has 4 aromatic carbocycles. The number of hydrogen-bond acceptors (Lipinski definition) is 7. The summed E-state index contributed by atoms with van der Waals surface area (Å²) < 4.78 is 193. The summed E-state index contributed by atoms with van der Waals surface area (Å²) in [7, 11) is 0. The Morgan fingerprint density at radius 1 is 0.524 bits per heavy atom. The summed E-state index contributed by atoms with van der Waals surface area (Å²) in [5, 5.41) is 20.5. The van der Waals surface area contributed by atoms with Gasteiger partial charge in [-0.1, -0.05) is 36.0 Å². The highest BCUT2D eigenvalue weighted by atomic mass is 32.2. The van der Waals surface area contributed by atoms with Crippen molar-refractivity contribution in [3.63, 3.8) is 0 Å². The molecule has 4 aromatic rings. The van der Waals surface area contributed by atoms with Crippen LogP contribution in [0.5, 0.6) is 11.5 Å². The van der Waals surface area contributed by atoms with Crippen LogP contribution in [0.1, 0.15) is 33.4 Å². The number of rotatable bonds is 8. The lowest BCUT2D eigenvalue weighted by molar-refractivity contribution is -0.164. The van der Waals surface area contributed by atoms with Gasteiger partial charge in [0.05, 0.1) is 48.7 Å². The second-order valence-electron chi connectivity index (χ2n) is 13.9. The number of nitrogens with zero attached hydrogens (tertiary/aromatic N) is 2. The van der Waals surface area contributed by atoms with Gasteiger partial charge in [-0.25, -0.2) is 0 Å². The van der Waals surface area contributed by atoms with Crippen molar-refractivity contribution in [1.82, 2.24) is 9.80 Å². The van der Waals surface area contributed by atoms with Gasteiger partial charge in [-0.05, 0) is 81.9 Å². The Kier molecular flexibility index (Phi) is 13.5. The molecule has 2 saturated heterocycles. The monoisotopic (exact) mass is 920 g/mol. The highest BCUT2D eigenvalue weighted by molar-refractivity contribution is 7.99. The molecule has 2 aliphatic heterocycles. The normalized spacial score (nSPS) is 15.7. The van der Waals surface area contributed by atoms with Crippen molar-refractivity contribution in [2.24, 2.45) is 0 Å². The highest BCUT2D eigenvalue weighted by Gasteiger charge is 2.50. The average Bonchev–Trinajstić information content (AvgIpc) is 3.20. The Morgan fingerprint density at radius 2 is 0.857 bits per heavy atom. The Hall–Kier alpha value is -5.67. The van der Waals surface area contributed by atoms with Crippen LogP contribution in [0, 0.1) is 0 Å². The number of hydrogen-bond donors (Lipinski definition) is 2. The minimum atomic E-state index is -6.07. The average molecular weight is 921 g/mol. The van der Waals surface area contributed by atoms with Gasteiger partial charge in [-0.2, -0.15) is 52.7 Å². The number of phenols is 2. The minimum absolute atomic E-state index is 0.0249. The topological polar surface area (TPSA) is 99.5 Å². The molecule has 0 bridgehead atoms. The van der Waals surface area contributed by atoms with Gasteiger partial charge in [0, 0.05) is 48.1 Å². The number of morpholine rings is 2. The Bertz CT molecular complexity index is 2270. The van der Waals surface area contributed by atoms with Gasteiger partial charge in [0.1, 0.15) is 11.5 Å². The van der Waals surface area contributed by atoms with Crippen LogP contribution < -0.4 is 0 Å². The SMILES string of the molecule is O=C(/C=C/c1c(-c2cccc(O)c2)cc(Sc2cc(-c3cccc(O)c3)c(/C=C/C(=O)N3CCOCC3)c(C(F)(F)F)c2C(F)(F)F)c(C(F)(F)F)c1C(F)(F)F)N1CCOCC1. The van der Waals surface area contributed by atoms with Crippen LogP contribution >= 0.6 is 11.8 Å². The minimum Gasteiger partial charge on any atom is -0.508 e. The smallest absolute Gasteiger partial charge is 0.418 e. The maximum atomic E-state index is 15.3. The molecular formula is C42H32F12N2O6S. The Morgan fingerprint density at radius 3 is 1.16 bits per heavy atom. The van der Waals surface area contributed by atoms with Gasteiger partial charge < -0.3 is 29.5 Å². The van der Waals surface area contributed by atoms with Crippen molar-refractivity contribution < 1.29 is 82.0 Å². The van der Waals surface area contributed by atoms with Gasteiger partial charge in [-0.15, -0.1) is 0 Å². The molecule has 0 aromatic heterocycles. The Balaban J connectivity index is 1.70. The highest BCUT2D eigenvalue weighted by Crippen LogP contribution is 2.55. The quantitative estimate of drug-likeness (QED) is 0.134. The molecule has 0 aliphatic carbocycles. The zero-order valence-electron chi connectivity index (χ0n) is 32.1. The number of benzene rings is 4. The third kappa shape index (κ3) is 10.8. The van der Waals surface area contributed by atoms with Crippen molar-refractivity contribution in [3.05, 3.63) is 106 Å². The first-order valence-corrected chi connectivity index (χ1v) is 19.3. The number of aromatic hydroxyl groups is 2. The van der Waals surface area contributed by atoms with Crippen LogP contribution in [0.3, 0.4) is 0 Å². The van der Waals surface area contributed by atoms with E-state index in [1.165, 1.54) is 0 Å². The third-order valence-corrected chi connectivity index (χ3v) is 10.8. The lowest BCUT2D eigenvalue weighted by Gasteiger charge is -2.27. The molecule has 2 N–H and O–H groups in total. The maximum absolute atomic E-state index is 15.3. The Labute approximate surface area is 354 Å². The first-order valence-electron chi connectivity index (χ1n) is 18.5. The van der Waals surface area contributed by atoms with Crippen molar-refractivity contribution in [2.75, 3.05) is 52.6 Å². The van der Waals surface area contributed by atoms with Crippen LogP contribution in [-0.4, -0.2) is 84.4 Å². The van der Waals surface area contributed by atoms with Crippen molar-refractivity contribution in [2.45, 2.75) is 34.5 Å². The van der Waals surface area contributed by atoms with E-state index in [2.05, 4.69) is 0 Å². The van der Waals surface area contributed by atoms with E-state index in [9.17, 15) is 19.8 Å². The number of alkyl halides is 12. The molecule has 8 nitrogen and oxygen atoms in total. The summed E-state index contributed by atoms with van der Waals surface area (Å²) in [5.74, 6) is -3.10. The molecule has 21 heteroatoms. The van der Waals surface area contributed by atoms with Crippen LogP contribution in [0.4, 0.5) is 52.7 Å². The first-order chi connectivity index (χ1) is 29.4. The summed E-state index contributed by atoms with van der Waals surface area (Å²) in [6, 6.07) is 8.76. The van der Waals surface area contributed by atoms with E-state index in [1.54, 1.807) is 0 Å². The summed E-state index contributed by atoms with van der Waals surface area (Å²) >= 11 is -0.698. The van der Waals surface area contributed by atoms with Crippen molar-refractivity contribution in [3.8, 4) is 33.8 Å². The summed E-state index contributed by atoms with van der Waals surface area (Å²) in [5.41, 5.74) is -15.2. The maximum Gasteiger partial charge on any atom is 0.418 e. The van der Waals surface area contributed by atoms with Gasteiger partial charge in [-0.3, -0.25) is 9.59 Å². The zero-order valence-corrected chi connectivity index (χ0v) is 32.9. The van der Waals surface area contributed by atoms with E-state index < -0.39 is 125 Å². The first kappa shape index (κ1) is 46.8. The van der Waals surface area contributed by atoms with Crippen molar-refractivity contribution >= 4 is 35.7 Å². The molecule has 0 unspecified atom stereocenters. The predicted octanol–water partition coefficient (Wildman–Crippen LogP) is 10.4. The summed E-state index contributed by atoms with van der Waals surface area (Å²) in [6.07, 6.45) is -22.1.